The topological polar surface area (TPSA) is 38.3 Å². The van der Waals surface area contributed by atoms with E-state index in [0.29, 0.717) is 6.61 Å². The molecule has 0 fully saturated rings. The van der Waals surface area contributed by atoms with Gasteiger partial charge in [0.15, 0.2) is 0 Å². The summed E-state index contributed by atoms with van der Waals surface area (Å²) < 4.78 is 4.83. The Kier molecular flexibility index (Phi) is 4.79. The van der Waals surface area contributed by atoms with Crippen LogP contribution in [0.25, 0.3) is 0 Å². The van der Waals surface area contributed by atoms with Gasteiger partial charge in [-0.15, -0.1) is 16.9 Å². The first-order valence-corrected chi connectivity index (χ1v) is 9.85. The fourth-order valence-corrected chi connectivity index (χ4v) is 2.31. The van der Waals surface area contributed by atoms with Crippen LogP contribution in [0.5, 0.6) is 0 Å². The number of anilines is 1. The Morgan fingerprint density at radius 2 is 2.24 bits per heavy atom. The average Bonchev–Trinajstić information content (AvgIpc) is 2.61. The molecule has 0 aromatic carbocycles. The van der Waals surface area contributed by atoms with E-state index in [-0.39, 0.29) is 0 Å². The normalized spacial score (nSPS) is 10.4. The second kappa shape index (κ2) is 5.89. The molecule has 0 atom stereocenters. The smallest absolute Gasteiger partial charge is 0.411 e. The Hall–Kier alpha value is -1.25. The van der Waals surface area contributed by atoms with Crippen LogP contribution in [-0.2, 0) is 4.74 Å². The third kappa shape index (κ3) is 5.07. The van der Waals surface area contributed by atoms with Crippen molar-refractivity contribution in [3.05, 3.63) is 16.3 Å². The number of amides is 1. The van der Waals surface area contributed by atoms with Crippen molar-refractivity contribution in [1.82, 2.24) is 0 Å². The summed E-state index contributed by atoms with van der Waals surface area (Å²) in [6, 6.07) is 1.84. The number of carbonyl (C=O) groups is 1. The molecule has 1 rings (SSSR count). The predicted octanol–water partition coefficient (Wildman–Crippen LogP) is 3.55. The first kappa shape index (κ1) is 13.8. The van der Waals surface area contributed by atoms with Crippen molar-refractivity contribution in [2.24, 2.45) is 0 Å². The van der Waals surface area contributed by atoms with Crippen LogP contribution in [0.15, 0.2) is 11.4 Å². The van der Waals surface area contributed by atoms with Gasteiger partial charge < -0.3 is 4.74 Å². The molecule has 0 aliphatic heterocycles. The molecule has 92 valence electrons. The van der Waals surface area contributed by atoms with Gasteiger partial charge in [-0.05, 0) is 18.4 Å². The van der Waals surface area contributed by atoms with E-state index in [4.69, 9.17) is 4.74 Å². The number of nitrogens with one attached hydrogen (secondary N) is 1. The molecular weight excluding hydrogens is 250 g/mol. The van der Waals surface area contributed by atoms with Crippen molar-refractivity contribution < 1.29 is 9.53 Å². The molecule has 0 saturated heterocycles. The first-order valence-electron chi connectivity index (χ1n) is 5.47. The number of ether oxygens (including phenoxy) is 1. The van der Waals surface area contributed by atoms with E-state index < -0.39 is 14.2 Å². The van der Waals surface area contributed by atoms with Crippen LogP contribution in [-0.4, -0.2) is 20.8 Å². The minimum absolute atomic E-state index is 0.367. The van der Waals surface area contributed by atoms with Crippen LogP contribution in [0.1, 0.15) is 11.8 Å². The molecule has 17 heavy (non-hydrogen) atoms. The SMILES string of the molecule is CCOC(=O)Nc1ccsc1C#C[Si](C)(C)C. The molecule has 0 aliphatic rings. The Labute approximate surface area is 107 Å². The van der Waals surface area contributed by atoms with Crippen molar-refractivity contribution in [3.8, 4) is 11.5 Å². The highest BCUT2D eigenvalue weighted by molar-refractivity contribution is 7.11. The predicted molar refractivity (Wildman–Crippen MR) is 75.2 cm³/mol. The van der Waals surface area contributed by atoms with Crippen molar-refractivity contribution in [2.45, 2.75) is 26.6 Å². The molecule has 0 bridgehead atoms. The number of rotatable bonds is 2. The summed E-state index contributed by atoms with van der Waals surface area (Å²) >= 11 is 1.53. The van der Waals surface area contributed by atoms with E-state index in [1.807, 2.05) is 11.4 Å². The number of thiophene rings is 1. The van der Waals surface area contributed by atoms with Crippen LogP contribution in [0.2, 0.25) is 19.6 Å². The molecule has 3 nitrogen and oxygen atoms in total. The maximum atomic E-state index is 11.3. The van der Waals surface area contributed by atoms with Crippen LogP contribution in [0.4, 0.5) is 10.5 Å². The minimum Gasteiger partial charge on any atom is -0.450 e. The lowest BCUT2D eigenvalue weighted by Crippen LogP contribution is -2.16. The molecule has 1 amide bonds. The molecule has 1 aromatic heterocycles. The zero-order valence-electron chi connectivity index (χ0n) is 10.6. The number of hydrogen-bond donors (Lipinski definition) is 1. The Balaban J connectivity index is 2.79. The van der Waals surface area contributed by atoms with Gasteiger partial charge in [-0.25, -0.2) is 4.79 Å². The lowest BCUT2D eigenvalue weighted by Gasteiger charge is -2.05. The maximum absolute atomic E-state index is 11.3. The zero-order chi connectivity index (χ0) is 12.9. The van der Waals surface area contributed by atoms with Crippen LogP contribution < -0.4 is 5.32 Å². The van der Waals surface area contributed by atoms with Gasteiger partial charge in [0.05, 0.1) is 17.2 Å². The second-order valence-electron chi connectivity index (χ2n) is 4.51. The fraction of sp³-hybridized carbons (Fsp3) is 0.417. The van der Waals surface area contributed by atoms with Crippen molar-refractivity contribution >= 4 is 31.2 Å². The van der Waals surface area contributed by atoms with Gasteiger partial charge in [0.2, 0.25) is 0 Å². The van der Waals surface area contributed by atoms with Gasteiger partial charge in [-0.3, -0.25) is 5.32 Å². The molecule has 1 aromatic rings. The van der Waals surface area contributed by atoms with Crippen molar-refractivity contribution in [1.29, 1.82) is 0 Å². The summed E-state index contributed by atoms with van der Waals surface area (Å²) in [5.41, 5.74) is 4.01. The summed E-state index contributed by atoms with van der Waals surface area (Å²) in [6.07, 6.45) is -0.429. The average molecular weight is 267 g/mol. The Morgan fingerprint density at radius 3 is 2.82 bits per heavy atom. The molecule has 5 heteroatoms. The Bertz CT molecular complexity index is 451. The fourth-order valence-electron chi connectivity index (χ4n) is 1.03. The van der Waals surface area contributed by atoms with Gasteiger partial charge >= 0.3 is 6.09 Å². The van der Waals surface area contributed by atoms with E-state index in [9.17, 15) is 4.79 Å². The van der Waals surface area contributed by atoms with Crippen LogP contribution in [0, 0.1) is 11.5 Å². The molecule has 0 saturated carbocycles. The van der Waals surface area contributed by atoms with Gasteiger partial charge in [0, 0.05) is 0 Å². The molecule has 0 radical (unpaired) electrons. The molecule has 0 aliphatic carbocycles. The van der Waals surface area contributed by atoms with Crippen LogP contribution in [0.3, 0.4) is 0 Å². The highest BCUT2D eigenvalue weighted by Gasteiger charge is 2.10. The summed E-state index contributed by atoms with van der Waals surface area (Å²) in [7, 11) is -1.39. The van der Waals surface area contributed by atoms with E-state index >= 15 is 0 Å². The maximum Gasteiger partial charge on any atom is 0.411 e. The highest BCUT2D eigenvalue weighted by Crippen LogP contribution is 2.21. The monoisotopic (exact) mass is 267 g/mol. The van der Waals surface area contributed by atoms with Gasteiger partial charge in [-0.2, -0.15) is 0 Å². The third-order valence-corrected chi connectivity index (χ3v) is 3.43. The quantitative estimate of drug-likeness (QED) is 0.657. The van der Waals surface area contributed by atoms with Crippen molar-refractivity contribution in [3.63, 3.8) is 0 Å². The standard InChI is InChI=1S/C12H17NO2SSi/c1-5-15-12(14)13-10-6-8-16-11(10)7-9-17(2,3)4/h6,8H,5H2,1-4H3,(H,13,14). The summed E-state index contributed by atoms with van der Waals surface area (Å²) in [5.74, 6) is 3.14. The summed E-state index contributed by atoms with van der Waals surface area (Å²) in [6.45, 7) is 8.70. The third-order valence-electron chi connectivity index (χ3n) is 1.73. The number of carbonyl (C=O) groups excluding carboxylic acids is 1. The van der Waals surface area contributed by atoms with Crippen molar-refractivity contribution in [2.75, 3.05) is 11.9 Å². The van der Waals surface area contributed by atoms with E-state index in [1.54, 1.807) is 6.92 Å². The molecule has 0 unspecified atom stereocenters. The van der Waals surface area contributed by atoms with Gasteiger partial charge in [-0.1, -0.05) is 25.6 Å². The second-order valence-corrected chi connectivity index (χ2v) is 10.2. The van der Waals surface area contributed by atoms with E-state index in [0.717, 1.165) is 10.6 Å². The van der Waals surface area contributed by atoms with Gasteiger partial charge in [0.25, 0.3) is 0 Å². The Morgan fingerprint density at radius 1 is 1.53 bits per heavy atom. The molecule has 1 N–H and O–H groups in total. The summed E-state index contributed by atoms with van der Waals surface area (Å²) in [4.78, 5) is 12.2. The minimum atomic E-state index is -1.39. The molecule has 1 heterocycles. The van der Waals surface area contributed by atoms with E-state index in [1.165, 1.54) is 11.3 Å². The lowest BCUT2D eigenvalue weighted by molar-refractivity contribution is 0.168. The molecule has 0 spiro atoms. The van der Waals surface area contributed by atoms with E-state index in [2.05, 4.69) is 36.4 Å². The summed E-state index contributed by atoms with van der Waals surface area (Å²) in [5, 5.41) is 4.60. The van der Waals surface area contributed by atoms with Gasteiger partial charge in [0.1, 0.15) is 8.07 Å². The lowest BCUT2D eigenvalue weighted by atomic mass is 10.4. The first-order chi connectivity index (χ1) is 7.92. The highest BCUT2D eigenvalue weighted by atomic mass is 32.1. The number of hydrogen-bond acceptors (Lipinski definition) is 3. The van der Waals surface area contributed by atoms with Crippen LogP contribution >= 0.6 is 11.3 Å². The largest absolute Gasteiger partial charge is 0.450 e. The zero-order valence-corrected chi connectivity index (χ0v) is 12.4. The molecular formula is C12H17NO2SSi.